The zero-order valence-corrected chi connectivity index (χ0v) is 44.2. The minimum Gasteiger partial charge on any atom is -0.457 e. The highest BCUT2D eigenvalue weighted by atomic mass is 31.2. The molecule has 0 aromatic heterocycles. The zero-order valence-electron chi connectivity index (χ0n) is 43.3. The summed E-state index contributed by atoms with van der Waals surface area (Å²) in [6.45, 7) is 5.64. The van der Waals surface area contributed by atoms with Gasteiger partial charge in [-0.3, -0.25) is 13.8 Å². The number of carbonyl (C=O) groups excluding carboxylic acids is 1. The highest BCUT2D eigenvalue weighted by molar-refractivity contribution is 7.47. The van der Waals surface area contributed by atoms with E-state index in [0.717, 1.165) is 57.8 Å². The number of likely N-dealkylation sites (N-methyl/N-ethyl adjacent to an activating group) is 1. The van der Waals surface area contributed by atoms with Crippen LogP contribution in [0.15, 0.2) is 24.3 Å². The molecule has 2 atom stereocenters. The molecule has 0 aromatic carbocycles. The molecule has 0 spiro atoms. The number of hydrogen-bond donors (Lipinski definition) is 1. The van der Waals surface area contributed by atoms with Crippen molar-refractivity contribution in [2.24, 2.45) is 0 Å². The van der Waals surface area contributed by atoms with Gasteiger partial charge in [-0.25, -0.2) is 4.57 Å². The fourth-order valence-electron chi connectivity index (χ4n) is 8.00. The summed E-state index contributed by atoms with van der Waals surface area (Å²) >= 11 is 0. The Labute approximate surface area is 398 Å². The van der Waals surface area contributed by atoms with Gasteiger partial charge in [-0.15, -0.1) is 0 Å². The zero-order chi connectivity index (χ0) is 46.9. The highest BCUT2D eigenvalue weighted by Crippen LogP contribution is 2.43. The molecule has 0 heterocycles. The molecule has 380 valence electrons. The number of unbranched alkanes of at least 4 members (excludes halogenated alkanes) is 34. The summed E-state index contributed by atoms with van der Waals surface area (Å²) in [7, 11) is 1.67. The molecule has 0 aliphatic heterocycles. The Bertz CT molecular complexity index is 1080. The van der Waals surface area contributed by atoms with Gasteiger partial charge in [-0.1, -0.05) is 237 Å². The average Bonchev–Trinajstić information content (AvgIpc) is 3.25. The van der Waals surface area contributed by atoms with Crippen molar-refractivity contribution in [3.63, 3.8) is 0 Å². The molecule has 0 rings (SSSR count). The molecule has 0 aromatic rings. The van der Waals surface area contributed by atoms with E-state index in [0.29, 0.717) is 24.1 Å². The van der Waals surface area contributed by atoms with Gasteiger partial charge >= 0.3 is 13.8 Å². The topological polar surface area (TPSA) is 91.3 Å². The molecular formula is C55H109NO7P+. The summed E-state index contributed by atoms with van der Waals surface area (Å²) < 4.78 is 35.2. The van der Waals surface area contributed by atoms with Gasteiger partial charge < -0.3 is 18.9 Å². The molecule has 0 radical (unpaired) electrons. The minimum atomic E-state index is -4.28. The second-order valence-corrected chi connectivity index (χ2v) is 21.4. The molecule has 0 aliphatic carbocycles. The van der Waals surface area contributed by atoms with Crippen LogP contribution in [0.2, 0.25) is 0 Å². The summed E-state index contributed by atoms with van der Waals surface area (Å²) in [6.07, 6.45) is 58.1. The quantitative estimate of drug-likeness (QED) is 0.0214. The molecule has 0 fully saturated rings. The van der Waals surface area contributed by atoms with Crippen molar-refractivity contribution in [3.05, 3.63) is 24.3 Å². The van der Waals surface area contributed by atoms with Gasteiger partial charge in [0.1, 0.15) is 19.3 Å². The van der Waals surface area contributed by atoms with Crippen molar-refractivity contribution in [1.29, 1.82) is 0 Å². The van der Waals surface area contributed by atoms with Gasteiger partial charge in [0, 0.05) is 13.0 Å². The molecule has 0 saturated heterocycles. The largest absolute Gasteiger partial charge is 0.472 e. The van der Waals surface area contributed by atoms with Crippen molar-refractivity contribution >= 4 is 13.8 Å². The summed E-state index contributed by atoms with van der Waals surface area (Å²) in [5, 5.41) is 0. The molecule has 0 aliphatic rings. The molecule has 0 bridgehead atoms. The van der Waals surface area contributed by atoms with Crippen molar-refractivity contribution in [2.75, 3.05) is 54.1 Å². The Kier molecular flexibility index (Phi) is 47.7. The van der Waals surface area contributed by atoms with Crippen LogP contribution >= 0.6 is 7.82 Å². The monoisotopic (exact) mass is 927 g/mol. The SMILES string of the molecule is CCCCCC/C=C\C/C=C\CCCCCCCC(=O)OC(COCCCCCCCCCCCCCCCCCCCCCCCCCCCC)COP(=O)(O)OCC[N+](C)(C)C. The lowest BCUT2D eigenvalue weighted by molar-refractivity contribution is -0.870. The van der Waals surface area contributed by atoms with E-state index in [4.69, 9.17) is 18.5 Å². The predicted molar refractivity (Wildman–Crippen MR) is 275 cm³/mol. The van der Waals surface area contributed by atoms with Gasteiger partial charge in [0.2, 0.25) is 0 Å². The van der Waals surface area contributed by atoms with Crippen LogP contribution in [-0.4, -0.2) is 75.6 Å². The molecule has 0 saturated carbocycles. The van der Waals surface area contributed by atoms with E-state index in [2.05, 4.69) is 38.2 Å². The first-order valence-electron chi connectivity index (χ1n) is 27.6. The van der Waals surface area contributed by atoms with Crippen molar-refractivity contribution in [3.8, 4) is 0 Å². The number of carbonyl (C=O) groups is 1. The number of nitrogens with zero attached hydrogens (tertiary/aromatic N) is 1. The maximum atomic E-state index is 12.8. The van der Waals surface area contributed by atoms with Gasteiger partial charge in [-0.05, 0) is 44.9 Å². The molecule has 0 amide bonds. The second kappa shape index (κ2) is 48.4. The minimum absolute atomic E-state index is 0.0880. The number of phosphoric acid groups is 1. The fraction of sp³-hybridized carbons (Fsp3) is 0.909. The van der Waals surface area contributed by atoms with Crippen LogP contribution < -0.4 is 0 Å². The summed E-state index contributed by atoms with van der Waals surface area (Å²) in [5.74, 6) is -0.322. The van der Waals surface area contributed by atoms with Crippen LogP contribution in [0.25, 0.3) is 0 Å². The van der Waals surface area contributed by atoms with E-state index in [9.17, 15) is 14.3 Å². The highest BCUT2D eigenvalue weighted by Gasteiger charge is 2.26. The molecule has 9 heteroatoms. The van der Waals surface area contributed by atoms with Crippen LogP contribution in [0.1, 0.15) is 264 Å². The smallest absolute Gasteiger partial charge is 0.457 e. The first-order chi connectivity index (χ1) is 31.1. The Hall–Kier alpha value is -1.02. The number of rotatable bonds is 52. The van der Waals surface area contributed by atoms with Crippen molar-refractivity contribution < 1.29 is 37.3 Å². The third-order valence-electron chi connectivity index (χ3n) is 12.3. The predicted octanol–water partition coefficient (Wildman–Crippen LogP) is 17.1. The summed E-state index contributed by atoms with van der Waals surface area (Å²) in [4.78, 5) is 23.0. The van der Waals surface area contributed by atoms with Crippen LogP contribution in [0.4, 0.5) is 0 Å². The normalized spacial score (nSPS) is 13.7. The van der Waals surface area contributed by atoms with Crippen molar-refractivity contribution in [1.82, 2.24) is 0 Å². The van der Waals surface area contributed by atoms with Crippen LogP contribution in [0.3, 0.4) is 0 Å². The number of ether oxygens (including phenoxy) is 2. The second-order valence-electron chi connectivity index (χ2n) is 20.0. The fourth-order valence-corrected chi connectivity index (χ4v) is 8.74. The summed E-state index contributed by atoms with van der Waals surface area (Å²) in [6, 6.07) is 0. The Morgan fingerprint density at radius 3 is 1.28 bits per heavy atom. The lowest BCUT2D eigenvalue weighted by atomic mass is 10.0. The van der Waals surface area contributed by atoms with Gasteiger partial charge in [0.25, 0.3) is 0 Å². The number of esters is 1. The van der Waals surface area contributed by atoms with Gasteiger partial charge in [0.15, 0.2) is 0 Å². The van der Waals surface area contributed by atoms with E-state index in [-0.39, 0.29) is 25.8 Å². The number of phosphoric ester groups is 1. The Morgan fingerprint density at radius 1 is 0.484 bits per heavy atom. The standard InChI is InChI=1S/C55H108NO7P/c1-6-8-10-12-14-16-18-20-22-24-25-26-27-28-29-30-31-32-33-35-37-39-41-43-45-47-50-60-52-54(53-62-64(58,59)61-51-49-56(3,4)5)63-55(57)48-46-44-42-40-38-36-34-23-21-19-17-15-13-11-9-7-2/h17,19,23,34,54H,6-16,18,20-22,24-33,35-53H2,1-5H3/p+1/b19-17-,34-23-. The number of allylic oxidation sites excluding steroid dienone is 4. The van der Waals surface area contributed by atoms with Crippen LogP contribution in [0.5, 0.6) is 0 Å². The van der Waals surface area contributed by atoms with Gasteiger partial charge in [-0.2, -0.15) is 0 Å². The Balaban J connectivity index is 4.02. The lowest BCUT2D eigenvalue weighted by Gasteiger charge is -2.24. The maximum Gasteiger partial charge on any atom is 0.472 e. The molecule has 1 N–H and O–H groups in total. The van der Waals surface area contributed by atoms with Crippen molar-refractivity contribution in [2.45, 2.75) is 270 Å². The molecular weight excluding hydrogens is 818 g/mol. The maximum absolute atomic E-state index is 12.8. The number of hydrogen-bond acceptors (Lipinski definition) is 6. The Morgan fingerprint density at radius 2 is 0.859 bits per heavy atom. The molecule has 8 nitrogen and oxygen atoms in total. The van der Waals surface area contributed by atoms with Gasteiger partial charge in [0.05, 0.1) is 34.4 Å². The van der Waals surface area contributed by atoms with Crippen LogP contribution in [0, 0.1) is 0 Å². The summed E-state index contributed by atoms with van der Waals surface area (Å²) in [5.41, 5.74) is 0. The third kappa shape index (κ3) is 52.0. The third-order valence-corrected chi connectivity index (χ3v) is 13.2. The average molecular weight is 927 g/mol. The first kappa shape index (κ1) is 63.0. The van der Waals surface area contributed by atoms with E-state index in [1.165, 1.54) is 186 Å². The molecule has 2 unspecified atom stereocenters. The lowest BCUT2D eigenvalue weighted by Crippen LogP contribution is -2.37. The van der Waals surface area contributed by atoms with Crippen LogP contribution in [-0.2, 0) is 27.9 Å². The van der Waals surface area contributed by atoms with E-state index in [1.54, 1.807) is 0 Å². The van der Waals surface area contributed by atoms with E-state index in [1.807, 2.05) is 21.1 Å². The first-order valence-corrected chi connectivity index (χ1v) is 29.1. The van der Waals surface area contributed by atoms with E-state index < -0.39 is 13.9 Å². The molecule has 64 heavy (non-hydrogen) atoms. The van der Waals surface area contributed by atoms with E-state index >= 15 is 0 Å². The number of quaternary nitrogens is 1.